The molecule has 4 rings (SSSR count). The standard InChI is InChI=1S/C20H18FN3O2S/c21-14-5-3-12-10-18(27-17(12)11-14)20(26)23-15-9-13(19(22)25)4-6-16(15)24-7-1-2-8-24/h3-6,9-11H,1-2,7-8H2,(H2,22,25)(H,23,26). The van der Waals surface area contributed by atoms with Gasteiger partial charge in [-0.25, -0.2) is 4.39 Å². The number of carbonyl (C=O) groups is 2. The summed E-state index contributed by atoms with van der Waals surface area (Å²) in [6.07, 6.45) is 2.18. The first-order valence-corrected chi connectivity index (χ1v) is 9.52. The van der Waals surface area contributed by atoms with E-state index < -0.39 is 5.91 Å². The van der Waals surface area contributed by atoms with Crippen molar-refractivity contribution in [3.8, 4) is 0 Å². The lowest BCUT2D eigenvalue weighted by Gasteiger charge is -2.22. The molecule has 7 heteroatoms. The van der Waals surface area contributed by atoms with Gasteiger partial charge in [0.25, 0.3) is 5.91 Å². The maximum absolute atomic E-state index is 13.4. The molecule has 0 spiro atoms. The number of hydrogen-bond donors (Lipinski definition) is 2. The van der Waals surface area contributed by atoms with Crippen molar-refractivity contribution in [1.82, 2.24) is 0 Å². The summed E-state index contributed by atoms with van der Waals surface area (Å²) in [6.45, 7) is 1.81. The third kappa shape index (κ3) is 3.50. The van der Waals surface area contributed by atoms with Crippen LogP contribution in [0, 0.1) is 5.82 Å². The third-order valence-electron chi connectivity index (χ3n) is 4.68. The number of hydrogen-bond acceptors (Lipinski definition) is 4. The molecular weight excluding hydrogens is 365 g/mol. The zero-order valence-corrected chi connectivity index (χ0v) is 15.3. The lowest BCUT2D eigenvalue weighted by atomic mass is 10.1. The highest BCUT2D eigenvalue weighted by Crippen LogP contribution is 2.32. The van der Waals surface area contributed by atoms with Crippen LogP contribution in [0.3, 0.4) is 0 Å². The molecule has 0 atom stereocenters. The second kappa shape index (κ2) is 7.00. The van der Waals surface area contributed by atoms with Gasteiger partial charge in [0.15, 0.2) is 0 Å². The van der Waals surface area contributed by atoms with Gasteiger partial charge in [-0.15, -0.1) is 11.3 Å². The summed E-state index contributed by atoms with van der Waals surface area (Å²) >= 11 is 1.23. The Bertz CT molecular complexity index is 1040. The minimum Gasteiger partial charge on any atom is -0.370 e. The number of nitrogens with one attached hydrogen (secondary N) is 1. The molecule has 27 heavy (non-hydrogen) atoms. The van der Waals surface area contributed by atoms with Gasteiger partial charge in [0.1, 0.15) is 5.82 Å². The van der Waals surface area contributed by atoms with E-state index in [2.05, 4.69) is 10.2 Å². The highest BCUT2D eigenvalue weighted by Gasteiger charge is 2.19. The van der Waals surface area contributed by atoms with Crippen molar-refractivity contribution < 1.29 is 14.0 Å². The molecule has 1 aliphatic heterocycles. The number of anilines is 2. The van der Waals surface area contributed by atoms with Gasteiger partial charge >= 0.3 is 0 Å². The van der Waals surface area contributed by atoms with E-state index in [0.717, 1.165) is 37.0 Å². The van der Waals surface area contributed by atoms with E-state index in [1.165, 1.54) is 23.5 Å². The Kier molecular flexibility index (Phi) is 4.53. The summed E-state index contributed by atoms with van der Waals surface area (Å²) in [6, 6.07) is 11.3. The summed E-state index contributed by atoms with van der Waals surface area (Å²) in [5.41, 5.74) is 7.16. The highest BCUT2D eigenvalue weighted by atomic mass is 32.1. The van der Waals surface area contributed by atoms with Crippen LogP contribution in [0.25, 0.3) is 10.1 Å². The quantitative estimate of drug-likeness (QED) is 0.715. The fraction of sp³-hybridized carbons (Fsp3) is 0.200. The van der Waals surface area contributed by atoms with E-state index in [-0.39, 0.29) is 11.7 Å². The zero-order valence-electron chi connectivity index (χ0n) is 14.5. The van der Waals surface area contributed by atoms with E-state index in [4.69, 9.17) is 5.73 Å². The number of nitrogens with zero attached hydrogens (tertiary/aromatic N) is 1. The average molecular weight is 383 g/mol. The Balaban J connectivity index is 1.67. The molecule has 3 N–H and O–H groups in total. The maximum Gasteiger partial charge on any atom is 0.265 e. The lowest BCUT2D eigenvalue weighted by Crippen LogP contribution is -2.22. The van der Waals surface area contributed by atoms with Crippen LogP contribution in [0.15, 0.2) is 42.5 Å². The van der Waals surface area contributed by atoms with Crippen molar-refractivity contribution in [1.29, 1.82) is 0 Å². The maximum atomic E-state index is 13.4. The minimum atomic E-state index is -0.546. The summed E-state index contributed by atoms with van der Waals surface area (Å²) in [7, 11) is 0. The Morgan fingerprint density at radius 3 is 2.59 bits per heavy atom. The summed E-state index contributed by atoms with van der Waals surface area (Å²) in [5.74, 6) is -1.17. The molecule has 0 saturated carbocycles. The molecule has 2 aromatic carbocycles. The topological polar surface area (TPSA) is 75.4 Å². The van der Waals surface area contributed by atoms with Crippen molar-refractivity contribution >= 4 is 44.6 Å². The predicted octanol–water partition coefficient (Wildman–Crippen LogP) is 3.99. The number of fused-ring (bicyclic) bond motifs is 1. The van der Waals surface area contributed by atoms with Crippen LogP contribution in [-0.2, 0) is 0 Å². The SMILES string of the molecule is NC(=O)c1ccc(N2CCCC2)c(NC(=O)c2cc3ccc(F)cc3s2)c1. The molecule has 2 heterocycles. The van der Waals surface area contributed by atoms with Gasteiger partial charge in [0.05, 0.1) is 16.3 Å². The van der Waals surface area contributed by atoms with Gasteiger partial charge in [-0.05, 0) is 54.6 Å². The van der Waals surface area contributed by atoms with E-state index in [1.54, 1.807) is 24.3 Å². The van der Waals surface area contributed by atoms with Crippen molar-refractivity contribution in [3.05, 3.63) is 58.7 Å². The van der Waals surface area contributed by atoms with E-state index in [0.29, 0.717) is 20.8 Å². The Morgan fingerprint density at radius 1 is 1.07 bits per heavy atom. The number of amides is 2. The van der Waals surface area contributed by atoms with Gasteiger partial charge in [-0.3, -0.25) is 9.59 Å². The molecule has 1 aromatic heterocycles. The first-order chi connectivity index (χ1) is 13.0. The number of nitrogens with two attached hydrogens (primary N) is 1. The van der Waals surface area contributed by atoms with Crippen molar-refractivity contribution in [2.45, 2.75) is 12.8 Å². The average Bonchev–Trinajstić information content (AvgIpc) is 3.30. The summed E-state index contributed by atoms with van der Waals surface area (Å²) in [5, 5.41) is 3.72. The van der Waals surface area contributed by atoms with Crippen LogP contribution >= 0.6 is 11.3 Å². The molecule has 0 radical (unpaired) electrons. The molecule has 1 fully saturated rings. The van der Waals surface area contributed by atoms with E-state index in [1.807, 2.05) is 6.07 Å². The van der Waals surface area contributed by atoms with E-state index >= 15 is 0 Å². The van der Waals surface area contributed by atoms with Crippen molar-refractivity contribution in [2.75, 3.05) is 23.3 Å². The van der Waals surface area contributed by atoms with Gasteiger partial charge < -0.3 is 16.0 Å². The number of carbonyl (C=O) groups excluding carboxylic acids is 2. The van der Waals surface area contributed by atoms with Crippen LogP contribution in [0.2, 0.25) is 0 Å². The minimum absolute atomic E-state index is 0.293. The summed E-state index contributed by atoms with van der Waals surface area (Å²) < 4.78 is 14.1. The molecule has 3 aromatic rings. The van der Waals surface area contributed by atoms with E-state index in [9.17, 15) is 14.0 Å². The molecule has 0 aliphatic carbocycles. The normalized spacial score (nSPS) is 13.9. The van der Waals surface area contributed by atoms with Crippen LogP contribution in [0.1, 0.15) is 32.9 Å². The lowest BCUT2D eigenvalue weighted by molar-refractivity contribution is 0.0996. The molecular formula is C20H18FN3O2S. The number of halogens is 1. The molecule has 1 saturated heterocycles. The highest BCUT2D eigenvalue weighted by molar-refractivity contribution is 7.20. The smallest absolute Gasteiger partial charge is 0.265 e. The van der Waals surface area contributed by atoms with Crippen LogP contribution in [0.4, 0.5) is 15.8 Å². The van der Waals surface area contributed by atoms with Crippen molar-refractivity contribution in [2.24, 2.45) is 5.73 Å². The first-order valence-electron chi connectivity index (χ1n) is 8.70. The molecule has 0 bridgehead atoms. The number of rotatable bonds is 4. The summed E-state index contributed by atoms with van der Waals surface area (Å²) in [4.78, 5) is 27.0. The second-order valence-electron chi connectivity index (χ2n) is 6.54. The fourth-order valence-electron chi connectivity index (χ4n) is 3.32. The predicted molar refractivity (Wildman–Crippen MR) is 106 cm³/mol. The third-order valence-corrected chi connectivity index (χ3v) is 5.78. The molecule has 2 amide bonds. The van der Waals surface area contributed by atoms with Crippen LogP contribution in [0.5, 0.6) is 0 Å². The molecule has 1 aliphatic rings. The van der Waals surface area contributed by atoms with Gasteiger partial charge in [-0.2, -0.15) is 0 Å². The molecule has 0 unspecified atom stereocenters. The van der Waals surface area contributed by atoms with Gasteiger partial charge in [0.2, 0.25) is 5.91 Å². The Labute approximate surface area is 159 Å². The Morgan fingerprint density at radius 2 is 1.85 bits per heavy atom. The van der Waals surface area contributed by atoms with Crippen LogP contribution < -0.4 is 16.0 Å². The van der Waals surface area contributed by atoms with Crippen LogP contribution in [-0.4, -0.2) is 24.9 Å². The number of primary amides is 1. The molecule has 138 valence electrons. The number of thiophene rings is 1. The monoisotopic (exact) mass is 383 g/mol. The first kappa shape index (κ1) is 17.5. The van der Waals surface area contributed by atoms with Crippen molar-refractivity contribution in [3.63, 3.8) is 0 Å². The Hall–Kier alpha value is -2.93. The molecule has 5 nitrogen and oxygen atoms in total. The zero-order chi connectivity index (χ0) is 19.0. The largest absolute Gasteiger partial charge is 0.370 e. The fourth-order valence-corrected chi connectivity index (χ4v) is 4.31. The number of benzene rings is 2. The second-order valence-corrected chi connectivity index (χ2v) is 7.62. The van der Waals surface area contributed by atoms with Gasteiger partial charge in [0, 0.05) is 23.4 Å². The van der Waals surface area contributed by atoms with Gasteiger partial charge in [-0.1, -0.05) is 6.07 Å².